The summed E-state index contributed by atoms with van der Waals surface area (Å²) in [5, 5.41) is 3.10. The third-order valence-electron chi connectivity index (χ3n) is 3.84. The highest BCUT2D eigenvalue weighted by molar-refractivity contribution is 5.81. The maximum absolute atomic E-state index is 12.2. The monoisotopic (exact) mass is 291 g/mol. The minimum Gasteiger partial charge on any atom is -0.381 e. The fraction of sp³-hybridized carbons (Fsp3) is 0.562. The number of carbonyl (C=O) groups is 1. The van der Waals surface area contributed by atoms with E-state index in [0.29, 0.717) is 13.1 Å². The summed E-state index contributed by atoms with van der Waals surface area (Å²) in [4.78, 5) is 14.2. The van der Waals surface area contributed by atoms with Crippen LogP contribution in [0.1, 0.15) is 25.3 Å². The molecule has 1 aliphatic heterocycles. The number of benzene rings is 1. The molecule has 5 heteroatoms. The Balaban J connectivity index is 1.89. The number of likely N-dealkylation sites (N-methyl/N-ethyl adjacent to an activating group) is 1. The van der Waals surface area contributed by atoms with Crippen LogP contribution in [0.5, 0.6) is 0 Å². The minimum atomic E-state index is 0.0756. The summed E-state index contributed by atoms with van der Waals surface area (Å²) in [5.74, 6) is 0.0756. The second-order valence-corrected chi connectivity index (χ2v) is 5.34. The first-order valence-corrected chi connectivity index (χ1v) is 7.64. The molecule has 2 rings (SSSR count). The number of rotatable bonds is 6. The number of anilines is 1. The molecule has 0 unspecified atom stereocenters. The first-order chi connectivity index (χ1) is 10.2. The number of nitrogens with two attached hydrogens (primary N) is 1. The van der Waals surface area contributed by atoms with E-state index >= 15 is 0 Å². The summed E-state index contributed by atoms with van der Waals surface area (Å²) in [6.45, 7) is 5.25. The quantitative estimate of drug-likeness (QED) is 0.828. The average molecular weight is 291 g/mol. The van der Waals surface area contributed by atoms with Crippen LogP contribution in [-0.4, -0.2) is 38.3 Å². The SMILES string of the molecule is CCN(CC(=O)NC1CCOCC1)c1ccc(CN)cc1. The normalized spacial score (nSPS) is 15.7. The number of ether oxygens (including phenoxy) is 1. The Hall–Kier alpha value is -1.59. The Morgan fingerprint density at radius 3 is 2.57 bits per heavy atom. The Morgan fingerprint density at radius 2 is 2.00 bits per heavy atom. The van der Waals surface area contributed by atoms with Gasteiger partial charge in [0.15, 0.2) is 0 Å². The van der Waals surface area contributed by atoms with E-state index in [2.05, 4.69) is 17.1 Å². The van der Waals surface area contributed by atoms with Gasteiger partial charge in [0.1, 0.15) is 0 Å². The Morgan fingerprint density at radius 1 is 1.33 bits per heavy atom. The van der Waals surface area contributed by atoms with E-state index in [0.717, 1.165) is 43.9 Å². The van der Waals surface area contributed by atoms with Crippen LogP contribution >= 0.6 is 0 Å². The summed E-state index contributed by atoms with van der Waals surface area (Å²) in [6.07, 6.45) is 1.81. The van der Waals surface area contributed by atoms with Crippen molar-refractivity contribution in [2.75, 3.05) is 31.2 Å². The van der Waals surface area contributed by atoms with Gasteiger partial charge in [0.25, 0.3) is 0 Å². The van der Waals surface area contributed by atoms with E-state index in [9.17, 15) is 4.79 Å². The second-order valence-electron chi connectivity index (χ2n) is 5.34. The summed E-state index contributed by atoms with van der Waals surface area (Å²) < 4.78 is 5.30. The van der Waals surface area contributed by atoms with Crippen LogP contribution in [0.15, 0.2) is 24.3 Å². The maximum Gasteiger partial charge on any atom is 0.239 e. The first-order valence-electron chi connectivity index (χ1n) is 7.64. The molecule has 116 valence electrons. The van der Waals surface area contributed by atoms with Gasteiger partial charge in [-0.25, -0.2) is 0 Å². The van der Waals surface area contributed by atoms with Gasteiger partial charge >= 0.3 is 0 Å². The number of amides is 1. The van der Waals surface area contributed by atoms with Crippen LogP contribution in [0.3, 0.4) is 0 Å². The van der Waals surface area contributed by atoms with Crippen molar-refractivity contribution in [3.05, 3.63) is 29.8 Å². The fourth-order valence-corrected chi connectivity index (χ4v) is 2.52. The molecule has 1 aliphatic rings. The zero-order chi connectivity index (χ0) is 15.1. The lowest BCUT2D eigenvalue weighted by atomic mass is 10.1. The van der Waals surface area contributed by atoms with E-state index in [4.69, 9.17) is 10.5 Å². The Labute approximate surface area is 126 Å². The van der Waals surface area contributed by atoms with Gasteiger partial charge in [-0.3, -0.25) is 4.79 Å². The van der Waals surface area contributed by atoms with Crippen LogP contribution in [0.25, 0.3) is 0 Å². The molecule has 1 aromatic carbocycles. The molecule has 21 heavy (non-hydrogen) atoms. The highest BCUT2D eigenvalue weighted by atomic mass is 16.5. The lowest BCUT2D eigenvalue weighted by molar-refractivity contribution is -0.121. The van der Waals surface area contributed by atoms with Crippen LogP contribution in [-0.2, 0) is 16.1 Å². The molecular weight excluding hydrogens is 266 g/mol. The highest BCUT2D eigenvalue weighted by Crippen LogP contribution is 2.15. The molecule has 0 aromatic heterocycles. The van der Waals surface area contributed by atoms with Crippen molar-refractivity contribution in [2.45, 2.75) is 32.4 Å². The van der Waals surface area contributed by atoms with Crippen molar-refractivity contribution < 1.29 is 9.53 Å². The summed E-state index contributed by atoms with van der Waals surface area (Å²) >= 11 is 0. The van der Waals surface area contributed by atoms with Crippen molar-refractivity contribution in [2.24, 2.45) is 5.73 Å². The molecule has 1 saturated heterocycles. The van der Waals surface area contributed by atoms with Crippen LogP contribution in [0, 0.1) is 0 Å². The molecule has 0 bridgehead atoms. The Bertz CT molecular complexity index is 441. The number of carbonyl (C=O) groups excluding carboxylic acids is 1. The summed E-state index contributed by atoms with van der Waals surface area (Å²) in [7, 11) is 0. The smallest absolute Gasteiger partial charge is 0.239 e. The Kier molecular flexibility index (Phi) is 6.02. The predicted octanol–water partition coefficient (Wildman–Crippen LogP) is 1.27. The predicted molar refractivity (Wildman–Crippen MR) is 84.2 cm³/mol. The standard InChI is InChI=1S/C16H25N3O2/c1-2-19(15-5-3-13(11-17)4-6-15)12-16(20)18-14-7-9-21-10-8-14/h3-6,14H,2,7-12,17H2,1H3,(H,18,20). The third kappa shape index (κ3) is 4.72. The zero-order valence-electron chi connectivity index (χ0n) is 12.7. The van der Waals surface area contributed by atoms with Crippen molar-refractivity contribution in [3.63, 3.8) is 0 Å². The lowest BCUT2D eigenvalue weighted by Gasteiger charge is -2.26. The van der Waals surface area contributed by atoms with E-state index < -0.39 is 0 Å². The van der Waals surface area contributed by atoms with Gasteiger partial charge in [-0.1, -0.05) is 12.1 Å². The van der Waals surface area contributed by atoms with E-state index in [1.54, 1.807) is 0 Å². The molecule has 1 fully saturated rings. The molecule has 0 saturated carbocycles. The molecule has 5 nitrogen and oxygen atoms in total. The fourth-order valence-electron chi connectivity index (χ4n) is 2.52. The average Bonchev–Trinajstić information content (AvgIpc) is 2.53. The summed E-state index contributed by atoms with van der Waals surface area (Å²) in [6, 6.07) is 8.31. The van der Waals surface area contributed by atoms with Crippen molar-refractivity contribution >= 4 is 11.6 Å². The van der Waals surface area contributed by atoms with Gasteiger partial charge < -0.3 is 20.7 Å². The van der Waals surface area contributed by atoms with Gasteiger partial charge in [0.2, 0.25) is 5.91 Å². The van der Waals surface area contributed by atoms with Crippen LogP contribution < -0.4 is 16.0 Å². The van der Waals surface area contributed by atoms with Crippen molar-refractivity contribution in [1.29, 1.82) is 0 Å². The molecule has 1 aromatic rings. The number of nitrogens with one attached hydrogen (secondary N) is 1. The van der Waals surface area contributed by atoms with Crippen LogP contribution in [0.2, 0.25) is 0 Å². The van der Waals surface area contributed by atoms with Gasteiger partial charge in [-0.15, -0.1) is 0 Å². The van der Waals surface area contributed by atoms with Gasteiger partial charge in [-0.2, -0.15) is 0 Å². The van der Waals surface area contributed by atoms with Crippen LogP contribution in [0.4, 0.5) is 5.69 Å². The molecule has 1 heterocycles. The van der Waals surface area contributed by atoms with E-state index in [1.165, 1.54) is 0 Å². The van der Waals surface area contributed by atoms with Crippen molar-refractivity contribution in [1.82, 2.24) is 5.32 Å². The number of nitrogens with zero attached hydrogens (tertiary/aromatic N) is 1. The largest absolute Gasteiger partial charge is 0.381 e. The lowest BCUT2D eigenvalue weighted by Crippen LogP contribution is -2.44. The maximum atomic E-state index is 12.2. The van der Waals surface area contributed by atoms with Crippen molar-refractivity contribution in [3.8, 4) is 0 Å². The number of hydrogen-bond acceptors (Lipinski definition) is 4. The second kappa shape index (κ2) is 8.00. The molecule has 0 radical (unpaired) electrons. The molecular formula is C16H25N3O2. The zero-order valence-corrected chi connectivity index (χ0v) is 12.7. The molecule has 1 amide bonds. The topological polar surface area (TPSA) is 67.6 Å². The van der Waals surface area contributed by atoms with E-state index in [1.807, 2.05) is 24.3 Å². The molecule has 0 atom stereocenters. The molecule has 0 aliphatic carbocycles. The first kappa shape index (κ1) is 15.8. The van der Waals surface area contributed by atoms with Gasteiger partial charge in [0.05, 0.1) is 6.54 Å². The minimum absolute atomic E-state index is 0.0756. The highest BCUT2D eigenvalue weighted by Gasteiger charge is 2.17. The molecule has 0 spiro atoms. The molecule has 3 N–H and O–H groups in total. The number of hydrogen-bond donors (Lipinski definition) is 2. The van der Waals surface area contributed by atoms with Gasteiger partial charge in [-0.05, 0) is 37.5 Å². The summed E-state index contributed by atoms with van der Waals surface area (Å²) in [5.41, 5.74) is 7.76. The van der Waals surface area contributed by atoms with Gasteiger partial charge in [0, 0.05) is 38.0 Å². The third-order valence-corrected chi connectivity index (χ3v) is 3.84. The van der Waals surface area contributed by atoms with E-state index in [-0.39, 0.29) is 11.9 Å².